The van der Waals surface area contributed by atoms with Crippen LogP contribution in [0.2, 0.25) is 0 Å². The summed E-state index contributed by atoms with van der Waals surface area (Å²) in [6.45, 7) is 5.40. The molecule has 3 rings (SSSR count). The first-order chi connectivity index (χ1) is 13.0. The predicted octanol–water partition coefficient (Wildman–Crippen LogP) is 1.27. The second-order valence-electron chi connectivity index (χ2n) is 6.94. The highest BCUT2D eigenvalue weighted by Gasteiger charge is 2.28. The van der Waals surface area contributed by atoms with Crippen molar-refractivity contribution in [2.45, 2.75) is 12.8 Å². The van der Waals surface area contributed by atoms with Gasteiger partial charge in [0.05, 0.1) is 18.8 Å². The quantitative estimate of drug-likeness (QED) is 0.834. The second-order valence-corrected chi connectivity index (χ2v) is 6.94. The number of benzene rings is 1. The van der Waals surface area contributed by atoms with E-state index in [4.69, 9.17) is 4.74 Å². The molecular weight excluding hydrogens is 356 g/mol. The molecule has 0 atom stereocenters. The van der Waals surface area contributed by atoms with E-state index in [2.05, 4.69) is 10.2 Å². The summed E-state index contributed by atoms with van der Waals surface area (Å²) < 4.78 is 32.1. The van der Waals surface area contributed by atoms with Gasteiger partial charge in [-0.3, -0.25) is 14.5 Å². The van der Waals surface area contributed by atoms with Gasteiger partial charge in [-0.05, 0) is 25.0 Å². The zero-order valence-electron chi connectivity index (χ0n) is 15.3. The molecule has 148 valence electrons. The van der Waals surface area contributed by atoms with E-state index in [-0.39, 0.29) is 17.4 Å². The molecule has 8 heteroatoms. The zero-order chi connectivity index (χ0) is 19.2. The van der Waals surface area contributed by atoms with Crippen LogP contribution in [0, 0.1) is 17.6 Å². The van der Waals surface area contributed by atoms with Crippen molar-refractivity contribution in [1.29, 1.82) is 0 Å². The average molecular weight is 381 g/mol. The molecule has 2 saturated heterocycles. The van der Waals surface area contributed by atoms with E-state index in [1.807, 2.05) is 0 Å². The molecule has 27 heavy (non-hydrogen) atoms. The average Bonchev–Trinajstić information content (AvgIpc) is 2.68. The van der Waals surface area contributed by atoms with Gasteiger partial charge in [-0.1, -0.05) is 0 Å². The number of nitrogens with zero attached hydrogens (tertiary/aromatic N) is 2. The summed E-state index contributed by atoms with van der Waals surface area (Å²) in [5.41, 5.74) is -0.134. The summed E-state index contributed by atoms with van der Waals surface area (Å²) in [7, 11) is 0. The molecule has 2 fully saturated rings. The van der Waals surface area contributed by atoms with Gasteiger partial charge in [0, 0.05) is 51.3 Å². The van der Waals surface area contributed by atoms with E-state index >= 15 is 0 Å². The van der Waals surface area contributed by atoms with Crippen LogP contribution in [-0.2, 0) is 9.53 Å². The maximum absolute atomic E-state index is 13.8. The van der Waals surface area contributed by atoms with Crippen molar-refractivity contribution in [1.82, 2.24) is 15.1 Å². The van der Waals surface area contributed by atoms with Crippen molar-refractivity contribution in [3.63, 3.8) is 0 Å². The lowest BCUT2D eigenvalue weighted by Crippen LogP contribution is -2.45. The van der Waals surface area contributed by atoms with Crippen molar-refractivity contribution in [3.05, 3.63) is 35.4 Å². The van der Waals surface area contributed by atoms with Crippen LogP contribution in [0.5, 0.6) is 0 Å². The zero-order valence-corrected chi connectivity index (χ0v) is 15.3. The molecule has 0 bridgehead atoms. The van der Waals surface area contributed by atoms with Gasteiger partial charge in [0.15, 0.2) is 0 Å². The highest BCUT2D eigenvalue weighted by Crippen LogP contribution is 2.20. The number of rotatable bonds is 5. The topological polar surface area (TPSA) is 61.9 Å². The van der Waals surface area contributed by atoms with Gasteiger partial charge in [-0.25, -0.2) is 8.78 Å². The number of piperidine rings is 1. The summed E-state index contributed by atoms with van der Waals surface area (Å²) in [5, 5.41) is 2.96. The van der Waals surface area contributed by atoms with E-state index in [0.29, 0.717) is 38.5 Å². The monoisotopic (exact) mass is 381 g/mol. The smallest absolute Gasteiger partial charge is 0.256 e. The molecule has 2 aliphatic rings. The number of carbonyl (C=O) groups is 2. The number of nitrogens with one attached hydrogen (secondary N) is 1. The third-order valence-corrected chi connectivity index (χ3v) is 5.15. The lowest BCUT2D eigenvalue weighted by atomic mass is 9.95. The second kappa shape index (κ2) is 9.23. The van der Waals surface area contributed by atoms with Gasteiger partial charge in [0.1, 0.15) is 11.6 Å². The minimum Gasteiger partial charge on any atom is -0.379 e. The molecule has 6 nitrogen and oxygen atoms in total. The standard InChI is InChI=1S/C19H25F2N3O3/c20-15-1-2-16(17(21)13-15)19(26)24-6-3-14(4-7-24)18(25)22-5-8-23-9-11-27-12-10-23/h1-2,13-14H,3-12H2,(H,22,25). The van der Waals surface area contributed by atoms with Gasteiger partial charge in [-0.2, -0.15) is 0 Å². The van der Waals surface area contributed by atoms with Crippen LogP contribution in [0.3, 0.4) is 0 Å². The number of likely N-dealkylation sites (tertiary alicyclic amines) is 1. The summed E-state index contributed by atoms with van der Waals surface area (Å²) in [6, 6.07) is 2.95. The minimum atomic E-state index is -0.858. The van der Waals surface area contributed by atoms with Crippen molar-refractivity contribution >= 4 is 11.8 Å². The molecular formula is C19H25F2N3O3. The highest BCUT2D eigenvalue weighted by atomic mass is 19.1. The van der Waals surface area contributed by atoms with E-state index < -0.39 is 17.5 Å². The first kappa shape index (κ1) is 19.7. The molecule has 2 aliphatic heterocycles. The summed E-state index contributed by atoms with van der Waals surface area (Å²) in [6.07, 6.45) is 1.08. The predicted molar refractivity (Wildman–Crippen MR) is 95.3 cm³/mol. The molecule has 0 saturated carbocycles. The van der Waals surface area contributed by atoms with Crippen molar-refractivity contribution in [3.8, 4) is 0 Å². The van der Waals surface area contributed by atoms with Crippen LogP contribution in [0.1, 0.15) is 23.2 Å². The molecule has 1 aromatic rings. The number of morpholine rings is 1. The van der Waals surface area contributed by atoms with Crippen LogP contribution in [0.4, 0.5) is 8.78 Å². The SMILES string of the molecule is O=C(NCCN1CCOCC1)C1CCN(C(=O)c2ccc(F)cc2F)CC1. The third-order valence-electron chi connectivity index (χ3n) is 5.15. The maximum atomic E-state index is 13.8. The molecule has 2 amide bonds. The van der Waals surface area contributed by atoms with E-state index in [1.54, 1.807) is 0 Å². The third kappa shape index (κ3) is 5.23. The number of hydrogen-bond acceptors (Lipinski definition) is 4. The first-order valence-corrected chi connectivity index (χ1v) is 9.37. The fourth-order valence-electron chi connectivity index (χ4n) is 3.48. The van der Waals surface area contributed by atoms with Crippen molar-refractivity contribution < 1.29 is 23.1 Å². The lowest BCUT2D eigenvalue weighted by Gasteiger charge is -2.32. The Bertz CT molecular complexity index is 672. The normalized spacial score (nSPS) is 19.1. The van der Waals surface area contributed by atoms with Crippen LogP contribution >= 0.6 is 0 Å². The Morgan fingerprint density at radius 2 is 1.81 bits per heavy atom. The number of hydrogen-bond donors (Lipinski definition) is 1. The van der Waals surface area contributed by atoms with E-state index in [9.17, 15) is 18.4 Å². The Labute approximate surface area is 157 Å². The van der Waals surface area contributed by atoms with E-state index in [1.165, 1.54) is 4.90 Å². The molecule has 0 aliphatic carbocycles. The van der Waals surface area contributed by atoms with Crippen molar-refractivity contribution in [2.24, 2.45) is 5.92 Å². The number of halogens is 2. The summed E-state index contributed by atoms with van der Waals surface area (Å²) >= 11 is 0. The Kier molecular flexibility index (Phi) is 6.73. The maximum Gasteiger partial charge on any atom is 0.256 e. The molecule has 0 spiro atoms. The van der Waals surface area contributed by atoms with Crippen LogP contribution < -0.4 is 5.32 Å². The Balaban J connectivity index is 1.42. The molecule has 0 unspecified atom stereocenters. The highest BCUT2D eigenvalue weighted by molar-refractivity contribution is 5.94. The van der Waals surface area contributed by atoms with Gasteiger partial charge < -0.3 is 15.0 Å². The van der Waals surface area contributed by atoms with Crippen LogP contribution in [-0.4, -0.2) is 74.1 Å². The summed E-state index contributed by atoms with van der Waals surface area (Å²) in [5.74, 6) is -2.17. The van der Waals surface area contributed by atoms with Gasteiger partial charge in [-0.15, -0.1) is 0 Å². The molecule has 1 aromatic carbocycles. The van der Waals surface area contributed by atoms with Crippen molar-refractivity contribution in [2.75, 3.05) is 52.5 Å². The molecule has 0 aromatic heterocycles. The Morgan fingerprint density at radius 3 is 2.48 bits per heavy atom. The van der Waals surface area contributed by atoms with Gasteiger partial charge in [0.2, 0.25) is 5.91 Å². The Morgan fingerprint density at radius 1 is 1.11 bits per heavy atom. The largest absolute Gasteiger partial charge is 0.379 e. The minimum absolute atomic E-state index is 0.00308. The number of amides is 2. The van der Waals surface area contributed by atoms with Gasteiger partial charge >= 0.3 is 0 Å². The lowest BCUT2D eigenvalue weighted by molar-refractivity contribution is -0.126. The molecule has 2 heterocycles. The van der Waals surface area contributed by atoms with E-state index in [0.717, 1.165) is 45.0 Å². The first-order valence-electron chi connectivity index (χ1n) is 9.37. The number of ether oxygens (including phenoxy) is 1. The van der Waals surface area contributed by atoms with Gasteiger partial charge in [0.25, 0.3) is 5.91 Å². The fraction of sp³-hybridized carbons (Fsp3) is 0.579. The Hall–Kier alpha value is -2.06. The van der Waals surface area contributed by atoms with Crippen LogP contribution in [0.25, 0.3) is 0 Å². The summed E-state index contributed by atoms with van der Waals surface area (Å²) in [4.78, 5) is 28.5. The molecule has 0 radical (unpaired) electrons. The molecule has 1 N–H and O–H groups in total. The van der Waals surface area contributed by atoms with Crippen LogP contribution in [0.15, 0.2) is 18.2 Å². The number of carbonyl (C=O) groups excluding carboxylic acids is 2. The fourth-order valence-corrected chi connectivity index (χ4v) is 3.48.